The summed E-state index contributed by atoms with van der Waals surface area (Å²) in [5, 5.41) is 17.5. The SMILES string of the molecule is O=C(O)CC(O)CN1C=NCC1. The fraction of sp³-hybridized carbons (Fsp3) is 0.714. The summed E-state index contributed by atoms with van der Waals surface area (Å²) in [6, 6.07) is 0. The van der Waals surface area contributed by atoms with Crippen LogP contribution in [0, 0.1) is 0 Å². The molecule has 1 unspecified atom stereocenters. The van der Waals surface area contributed by atoms with Crippen LogP contribution >= 0.6 is 0 Å². The number of rotatable bonds is 4. The van der Waals surface area contributed by atoms with Crippen LogP contribution in [-0.4, -0.2) is 53.2 Å². The molecule has 68 valence electrons. The summed E-state index contributed by atoms with van der Waals surface area (Å²) < 4.78 is 0. The molecule has 5 nitrogen and oxygen atoms in total. The molecule has 5 heteroatoms. The number of aliphatic imine (C=N–C) groups is 1. The van der Waals surface area contributed by atoms with E-state index in [1.54, 1.807) is 6.34 Å². The van der Waals surface area contributed by atoms with E-state index in [9.17, 15) is 9.90 Å². The number of nitrogens with zero attached hydrogens (tertiary/aromatic N) is 2. The van der Waals surface area contributed by atoms with Crippen LogP contribution < -0.4 is 0 Å². The topological polar surface area (TPSA) is 73.1 Å². The molecule has 1 aliphatic rings. The summed E-state index contributed by atoms with van der Waals surface area (Å²) in [4.78, 5) is 15.9. The lowest BCUT2D eigenvalue weighted by Gasteiger charge is -2.16. The van der Waals surface area contributed by atoms with Gasteiger partial charge >= 0.3 is 5.97 Å². The Balaban J connectivity index is 2.20. The number of aliphatic hydroxyl groups excluding tert-OH is 1. The van der Waals surface area contributed by atoms with Crippen molar-refractivity contribution in [1.82, 2.24) is 4.90 Å². The van der Waals surface area contributed by atoms with Gasteiger partial charge in [0.1, 0.15) is 0 Å². The van der Waals surface area contributed by atoms with Crippen LogP contribution in [-0.2, 0) is 4.79 Å². The van der Waals surface area contributed by atoms with Gasteiger partial charge in [0, 0.05) is 13.1 Å². The molecule has 0 amide bonds. The van der Waals surface area contributed by atoms with Crippen molar-refractivity contribution in [3.63, 3.8) is 0 Å². The molecular formula is C7H12N2O3. The second-order valence-electron chi connectivity index (χ2n) is 2.77. The van der Waals surface area contributed by atoms with Gasteiger partial charge in [0.05, 0.1) is 25.4 Å². The van der Waals surface area contributed by atoms with Crippen molar-refractivity contribution in [1.29, 1.82) is 0 Å². The standard InChI is InChI=1S/C7H12N2O3/c10-6(3-7(11)12)4-9-2-1-8-5-9/h5-6,10H,1-4H2,(H,11,12). The van der Waals surface area contributed by atoms with Crippen molar-refractivity contribution in [2.75, 3.05) is 19.6 Å². The third-order valence-electron chi connectivity index (χ3n) is 1.62. The smallest absolute Gasteiger partial charge is 0.306 e. The molecule has 0 aliphatic carbocycles. The molecule has 1 rings (SSSR count). The molecule has 12 heavy (non-hydrogen) atoms. The van der Waals surface area contributed by atoms with Gasteiger partial charge in [-0.25, -0.2) is 0 Å². The van der Waals surface area contributed by atoms with Crippen molar-refractivity contribution in [3.8, 4) is 0 Å². The monoisotopic (exact) mass is 172 g/mol. The number of hydrogen-bond donors (Lipinski definition) is 2. The number of hydrogen-bond acceptors (Lipinski definition) is 4. The van der Waals surface area contributed by atoms with E-state index in [1.165, 1.54) is 0 Å². The van der Waals surface area contributed by atoms with Crippen LogP contribution in [0.1, 0.15) is 6.42 Å². The van der Waals surface area contributed by atoms with Crippen LogP contribution in [0.4, 0.5) is 0 Å². The van der Waals surface area contributed by atoms with E-state index < -0.39 is 12.1 Å². The zero-order chi connectivity index (χ0) is 8.97. The largest absolute Gasteiger partial charge is 0.481 e. The summed E-state index contributed by atoms with van der Waals surface area (Å²) in [6.07, 6.45) is 0.641. The lowest BCUT2D eigenvalue weighted by molar-refractivity contribution is -0.139. The molecule has 1 heterocycles. The minimum Gasteiger partial charge on any atom is -0.481 e. The van der Waals surface area contributed by atoms with Crippen molar-refractivity contribution >= 4 is 12.3 Å². The molecule has 0 saturated carbocycles. The molecule has 0 bridgehead atoms. The minimum atomic E-state index is -0.973. The van der Waals surface area contributed by atoms with Gasteiger partial charge in [0.2, 0.25) is 0 Å². The number of carbonyl (C=O) groups is 1. The van der Waals surface area contributed by atoms with E-state index in [-0.39, 0.29) is 6.42 Å². The first-order valence-corrected chi connectivity index (χ1v) is 3.82. The first-order chi connectivity index (χ1) is 5.68. The Morgan fingerprint density at radius 2 is 2.50 bits per heavy atom. The van der Waals surface area contributed by atoms with Gasteiger partial charge in [-0.2, -0.15) is 0 Å². The summed E-state index contributed by atoms with van der Waals surface area (Å²) >= 11 is 0. The van der Waals surface area contributed by atoms with Crippen molar-refractivity contribution in [2.45, 2.75) is 12.5 Å². The van der Waals surface area contributed by atoms with Gasteiger partial charge in [0.25, 0.3) is 0 Å². The third kappa shape index (κ3) is 2.87. The Morgan fingerprint density at radius 1 is 1.75 bits per heavy atom. The number of carboxylic acids is 1. The van der Waals surface area contributed by atoms with Gasteiger partial charge < -0.3 is 15.1 Å². The molecular weight excluding hydrogens is 160 g/mol. The van der Waals surface area contributed by atoms with Crippen LogP contribution in [0.25, 0.3) is 0 Å². The molecule has 0 radical (unpaired) electrons. The quantitative estimate of drug-likeness (QED) is 0.580. The van der Waals surface area contributed by atoms with Crippen molar-refractivity contribution < 1.29 is 15.0 Å². The fourth-order valence-corrected chi connectivity index (χ4v) is 1.09. The Morgan fingerprint density at radius 3 is 3.00 bits per heavy atom. The van der Waals surface area contributed by atoms with Crippen molar-refractivity contribution in [2.24, 2.45) is 4.99 Å². The normalized spacial score (nSPS) is 18.2. The lowest BCUT2D eigenvalue weighted by Crippen LogP contribution is -2.31. The number of aliphatic carboxylic acids is 1. The summed E-state index contributed by atoms with van der Waals surface area (Å²) in [5.74, 6) is -0.973. The van der Waals surface area contributed by atoms with Gasteiger partial charge in [-0.05, 0) is 0 Å². The van der Waals surface area contributed by atoms with E-state index in [2.05, 4.69) is 4.99 Å². The van der Waals surface area contributed by atoms with Gasteiger partial charge in [0.15, 0.2) is 0 Å². The molecule has 2 N–H and O–H groups in total. The average Bonchev–Trinajstić information content (AvgIpc) is 2.37. The predicted octanol–water partition coefficient (Wildman–Crippen LogP) is -0.834. The Bertz CT molecular complexity index is 193. The van der Waals surface area contributed by atoms with Crippen LogP contribution in [0.3, 0.4) is 0 Å². The maximum Gasteiger partial charge on any atom is 0.306 e. The highest BCUT2D eigenvalue weighted by molar-refractivity contribution is 5.67. The molecule has 0 aromatic carbocycles. The summed E-state index contributed by atoms with van der Waals surface area (Å²) in [5.41, 5.74) is 0. The number of aliphatic hydroxyl groups is 1. The van der Waals surface area contributed by atoms with Gasteiger partial charge in [-0.15, -0.1) is 0 Å². The first-order valence-electron chi connectivity index (χ1n) is 3.82. The molecule has 0 spiro atoms. The molecule has 1 atom stereocenters. The third-order valence-corrected chi connectivity index (χ3v) is 1.62. The Labute approximate surface area is 70.3 Å². The zero-order valence-corrected chi connectivity index (χ0v) is 6.68. The highest BCUT2D eigenvalue weighted by Gasteiger charge is 2.14. The van der Waals surface area contributed by atoms with E-state index in [0.29, 0.717) is 6.54 Å². The molecule has 0 aromatic heterocycles. The highest BCUT2D eigenvalue weighted by Crippen LogP contribution is 1.98. The zero-order valence-electron chi connectivity index (χ0n) is 6.68. The maximum atomic E-state index is 10.2. The van der Waals surface area contributed by atoms with Crippen LogP contribution in [0.5, 0.6) is 0 Å². The predicted molar refractivity (Wildman–Crippen MR) is 43.2 cm³/mol. The van der Waals surface area contributed by atoms with Gasteiger partial charge in [-0.3, -0.25) is 9.79 Å². The lowest BCUT2D eigenvalue weighted by atomic mass is 10.2. The summed E-state index contributed by atoms with van der Waals surface area (Å²) in [6.45, 7) is 1.87. The molecule has 0 saturated heterocycles. The summed E-state index contributed by atoms with van der Waals surface area (Å²) in [7, 11) is 0. The minimum absolute atomic E-state index is 0.204. The van der Waals surface area contributed by atoms with Gasteiger partial charge in [-0.1, -0.05) is 0 Å². The Hall–Kier alpha value is -1.10. The molecule has 0 fully saturated rings. The number of β-amino-alcohol motifs (C(OH)–C–C–N with tert-alkyl or cyclic N) is 1. The van der Waals surface area contributed by atoms with E-state index in [4.69, 9.17) is 5.11 Å². The highest BCUT2D eigenvalue weighted by atomic mass is 16.4. The second kappa shape index (κ2) is 4.06. The van der Waals surface area contributed by atoms with Crippen LogP contribution in [0.15, 0.2) is 4.99 Å². The Kier molecular flexibility index (Phi) is 3.04. The second-order valence-corrected chi connectivity index (χ2v) is 2.77. The fourth-order valence-electron chi connectivity index (χ4n) is 1.09. The maximum absolute atomic E-state index is 10.2. The van der Waals surface area contributed by atoms with E-state index in [1.807, 2.05) is 4.90 Å². The molecule has 0 aromatic rings. The van der Waals surface area contributed by atoms with Crippen LogP contribution in [0.2, 0.25) is 0 Å². The van der Waals surface area contributed by atoms with E-state index >= 15 is 0 Å². The van der Waals surface area contributed by atoms with Crippen molar-refractivity contribution in [3.05, 3.63) is 0 Å². The average molecular weight is 172 g/mol. The van der Waals surface area contributed by atoms with E-state index in [0.717, 1.165) is 13.1 Å². The number of carboxylic acid groups (broad SMARTS) is 1. The first kappa shape index (κ1) is 8.99. The molecule has 1 aliphatic heterocycles.